The van der Waals surface area contributed by atoms with Gasteiger partial charge in [0, 0.05) is 6.42 Å². The predicted octanol–water partition coefficient (Wildman–Crippen LogP) is 0.919. The molecule has 1 heterocycles. The van der Waals surface area contributed by atoms with Crippen LogP contribution in [0.2, 0.25) is 0 Å². The first-order valence-corrected chi connectivity index (χ1v) is 6.94. The van der Waals surface area contributed by atoms with Gasteiger partial charge in [-0.05, 0) is 37.6 Å². The van der Waals surface area contributed by atoms with Crippen molar-refractivity contribution >= 4 is 5.97 Å². The molecule has 1 aliphatic rings. The molecule has 0 aromatic heterocycles. The lowest BCUT2D eigenvalue weighted by atomic mass is 10.1. The Labute approximate surface area is 114 Å². The number of ether oxygens (including phenoxy) is 2. The minimum atomic E-state index is -0.234. The normalized spacial score (nSPS) is 22.8. The highest BCUT2D eigenvalue weighted by Gasteiger charge is 2.24. The van der Waals surface area contributed by atoms with Gasteiger partial charge >= 0.3 is 5.97 Å². The number of esters is 1. The van der Waals surface area contributed by atoms with Gasteiger partial charge in [-0.25, -0.2) is 4.79 Å². The van der Waals surface area contributed by atoms with Gasteiger partial charge < -0.3 is 14.4 Å². The average molecular weight is 264 g/mol. The number of piperidine rings is 1. The molecule has 0 saturated carbocycles. The van der Waals surface area contributed by atoms with Gasteiger partial charge in [0.25, 0.3) is 0 Å². The fourth-order valence-electron chi connectivity index (χ4n) is 2.40. The van der Waals surface area contributed by atoms with Crippen molar-refractivity contribution < 1.29 is 19.2 Å². The molecule has 104 valence electrons. The lowest BCUT2D eigenvalue weighted by molar-refractivity contribution is -0.888. The Morgan fingerprint density at radius 3 is 2.74 bits per heavy atom. The molecule has 1 saturated heterocycles. The van der Waals surface area contributed by atoms with Crippen LogP contribution in [0.4, 0.5) is 0 Å². The average Bonchev–Trinajstić information content (AvgIpc) is 2.40. The highest BCUT2D eigenvalue weighted by atomic mass is 16.5. The van der Waals surface area contributed by atoms with Crippen LogP contribution in [0.25, 0.3) is 0 Å². The van der Waals surface area contributed by atoms with E-state index in [9.17, 15) is 4.79 Å². The summed E-state index contributed by atoms with van der Waals surface area (Å²) in [6.07, 6.45) is 2.14. The van der Waals surface area contributed by atoms with Gasteiger partial charge in [0.2, 0.25) is 0 Å². The van der Waals surface area contributed by atoms with Crippen LogP contribution in [0.1, 0.15) is 30.1 Å². The zero-order valence-electron chi connectivity index (χ0n) is 11.6. The van der Waals surface area contributed by atoms with E-state index in [1.54, 1.807) is 24.3 Å². The van der Waals surface area contributed by atoms with Gasteiger partial charge in [0.15, 0.2) is 6.10 Å². The zero-order chi connectivity index (χ0) is 13.7. The van der Waals surface area contributed by atoms with E-state index in [0.717, 1.165) is 31.7 Å². The number of benzene rings is 1. The van der Waals surface area contributed by atoms with Crippen LogP contribution < -0.4 is 9.64 Å². The second-order valence-electron chi connectivity index (χ2n) is 5.04. The Bertz CT molecular complexity index is 416. The summed E-state index contributed by atoms with van der Waals surface area (Å²) in [5.41, 5.74) is 0.590. The smallest absolute Gasteiger partial charge is 0.338 e. The Hall–Kier alpha value is -1.55. The number of carbonyl (C=O) groups is 1. The number of nitrogens with one attached hydrogen (secondary N) is 1. The number of carbonyl (C=O) groups excluding carboxylic acids is 1. The summed E-state index contributed by atoms with van der Waals surface area (Å²) in [7, 11) is 2.14. The minimum absolute atomic E-state index is 0.0489. The van der Waals surface area contributed by atoms with Crippen LogP contribution in [0, 0.1) is 0 Å². The number of likely N-dealkylation sites (N-methyl/N-ethyl adjacent to an activating group) is 1. The van der Waals surface area contributed by atoms with Crippen LogP contribution in [0.5, 0.6) is 5.75 Å². The van der Waals surface area contributed by atoms with Crippen LogP contribution in [0.15, 0.2) is 24.3 Å². The molecule has 2 atom stereocenters. The van der Waals surface area contributed by atoms with Crippen molar-refractivity contribution in [3.8, 4) is 5.75 Å². The molecule has 0 bridgehead atoms. The highest BCUT2D eigenvalue weighted by molar-refractivity contribution is 5.89. The first-order chi connectivity index (χ1) is 9.19. The summed E-state index contributed by atoms with van der Waals surface area (Å²) < 4.78 is 10.9. The fourth-order valence-corrected chi connectivity index (χ4v) is 2.40. The van der Waals surface area contributed by atoms with Gasteiger partial charge in [-0.3, -0.25) is 0 Å². The minimum Gasteiger partial charge on any atom is -0.494 e. The van der Waals surface area contributed by atoms with Crippen molar-refractivity contribution in [2.75, 3.05) is 26.7 Å². The van der Waals surface area contributed by atoms with Gasteiger partial charge in [-0.2, -0.15) is 0 Å². The topological polar surface area (TPSA) is 40.0 Å². The number of rotatable bonds is 4. The molecular weight excluding hydrogens is 242 g/mol. The molecule has 1 N–H and O–H groups in total. The van der Waals surface area contributed by atoms with Crippen LogP contribution in [-0.4, -0.2) is 38.8 Å². The monoisotopic (exact) mass is 264 g/mol. The zero-order valence-corrected chi connectivity index (χ0v) is 11.6. The van der Waals surface area contributed by atoms with E-state index in [0.29, 0.717) is 12.2 Å². The van der Waals surface area contributed by atoms with Gasteiger partial charge in [-0.1, -0.05) is 0 Å². The predicted molar refractivity (Wildman–Crippen MR) is 72.7 cm³/mol. The van der Waals surface area contributed by atoms with E-state index < -0.39 is 0 Å². The molecule has 4 nitrogen and oxygen atoms in total. The van der Waals surface area contributed by atoms with Crippen LogP contribution in [-0.2, 0) is 4.74 Å². The quantitative estimate of drug-likeness (QED) is 0.822. The van der Waals surface area contributed by atoms with Crippen molar-refractivity contribution in [1.82, 2.24) is 0 Å². The highest BCUT2D eigenvalue weighted by Crippen LogP contribution is 2.14. The second-order valence-corrected chi connectivity index (χ2v) is 5.04. The van der Waals surface area contributed by atoms with E-state index in [4.69, 9.17) is 9.47 Å². The Balaban J connectivity index is 1.91. The standard InChI is InChI=1S/C15H21NO3/c1-3-18-13-8-6-12(7-9-13)15(17)19-14-5-4-10-16(2)11-14/h6-9,14H,3-5,10-11H2,1-2H3/p+1/t14-/m1/s1. The molecule has 4 heteroatoms. The summed E-state index contributed by atoms with van der Waals surface area (Å²) >= 11 is 0. The fraction of sp³-hybridized carbons (Fsp3) is 0.533. The Morgan fingerprint density at radius 2 is 2.11 bits per heavy atom. The van der Waals surface area contributed by atoms with E-state index in [-0.39, 0.29) is 12.1 Å². The van der Waals surface area contributed by atoms with Crippen molar-refractivity contribution in [3.63, 3.8) is 0 Å². The number of hydrogen-bond acceptors (Lipinski definition) is 3. The summed E-state index contributed by atoms with van der Waals surface area (Å²) in [4.78, 5) is 13.4. The molecule has 0 radical (unpaired) electrons. The van der Waals surface area contributed by atoms with Crippen molar-refractivity contribution in [1.29, 1.82) is 0 Å². The third-order valence-corrected chi connectivity index (χ3v) is 3.38. The first kappa shape index (κ1) is 13.9. The summed E-state index contributed by atoms with van der Waals surface area (Å²) in [6.45, 7) is 4.63. The van der Waals surface area contributed by atoms with Gasteiger partial charge in [0.1, 0.15) is 12.3 Å². The van der Waals surface area contributed by atoms with Crippen LogP contribution >= 0.6 is 0 Å². The Kier molecular flexibility index (Phi) is 4.80. The maximum atomic E-state index is 12.0. The third kappa shape index (κ3) is 3.96. The number of likely N-dealkylation sites (tertiary alicyclic amines) is 1. The lowest BCUT2D eigenvalue weighted by Crippen LogP contribution is -3.11. The lowest BCUT2D eigenvalue weighted by Gasteiger charge is -2.26. The maximum Gasteiger partial charge on any atom is 0.338 e. The summed E-state index contributed by atoms with van der Waals surface area (Å²) in [6, 6.07) is 7.12. The van der Waals surface area contributed by atoms with Crippen molar-refractivity contribution in [2.24, 2.45) is 0 Å². The summed E-state index contributed by atoms with van der Waals surface area (Å²) in [5.74, 6) is 0.545. The number of quaternary nitrogens is 1. The SMILES string of the molecule is CCOc1ccc(C(=O)O[C@@H]2CCC[NH+](C)C2)cc1. The van der Waals surface area contributed by atoms with E-state index in [1.165, 1.54) is 4.90 Å². The molecule has 19 heavy (non-hydrogen) atoms. The van der Waals surface area contributed by atoms with Gasteiger partial charge in [-0.15, -0.1) is 0 Å². The van der Waals surface area contributed by atoms with E-state index in [2.05, 4.69) is 7.05 Å². The second kappa shape index (κ2) is 6.57. The van der Waals surface area contributed by atoms with E-state index in [1.807, 2.05) is 6.92 Å². The largest absolute Gasteiger partial charge is 0.494 e. The van der Waals surface area contributed by atoms with Crippen molar-refractivity contribution in [3.05, 3.63) is 29.8 Å². The maximum absolute atomic E-state index is 12.0. The first-order valence-electron chi connectivity index (χ1n) is 6.94. The molecular formula is C15H22NO3+. The molecule has 0 aliphatic carbocycles. The molecule has 1 aliphatic heterocycles. The van der Waals surface area contributed by atoms with Crippen molar-refractivity contribution in [2.45, 2.75) is 25.9 Å². The van der Waals surface area contributed by atoms with Crippen LogP contribution in [0.3, 0.4) is 0 Å². The molecule has 1 aromatic carbocycles. The molecule has 0 spiro atoms. The molecule has 0 amide bonds. The molecule has 1 unspecified atom stereocenters. The number of hydrogen-bond donors (Lipinski definition) is 1. The molecule has 1 aromatic rings. The summed E-state index contributed by atoms with van der Waals surface area (Å²) in [5, 5.41) is 0. The van der Waals surface area contributed by atoms with E-state index >= 15 is 0 Å². The van der Waals surface area contributed by atoms with Gasteiger partial charge in [0.05, 0.1) is 25.8 Å². The molecule has 2 rings (SSSR count). The molecule has 1 fully saturated rings. The third-order valence-electron chi connectivity index (χ3n) is 3.38. The Morgan fingerprint density at radius 1 is 1.37 bits per heavy atom.